The Morgan fingerprint density at radius 2 is 2.33 bits per heavy atom. The van der Waals surface area contributed by atoms with E-state index in [2.05, 4.69) is 6.92 Å². The van der Waals surface area contributed by atoms with E-state index in [0.717, 1.165) is 6.42 Å². The van der Waals surface area contributed by atoms with Crippen molar-refractivity contribution in [3.8, 4) is 0 Å². The van der Waals surface area contributed by atoms with Crippen molar-refractivity contribution in [2.24, 2.45) is 5.73 Å². The van der Waals surface area contributed by atoms with Crippen LogP contribution >= 0.6 is 0 Å². The van der Waals surface area contributed by atoms with Gasteiger partial charge in [-0.3, -0.25) is 0 Å². The lowest BCUT2D eigenvalue weighted by Crippen LogP contribution is -1.80. The molecule has 0 aromatic heterocycles. The standard InChI is InChI=1S/C5H11N/c1-3-5(2)4-6/h4H,3,6H2,1-2H3/b5-4-. The van der Waals surface area contributed by atoms with E-state index in [4.69, 9.17) is 5.73 Å². The van der Waals surface area contributed by atoms with Crippen molar-refractivity contribution in [3.05, 3.63) is 11.8 Å². The van der Waals surface area contributed by atoms with Crippen LogP contribution in [0.15, 0.2) is 11.8 Å². The molecule has 2 N–H and O–H groups in total. The second-order valence-electron chi connectivity index (χ2n) is 1.37. The molecule has 0 bridgehead atoms. The van der Waals surface area contributed by atoms with Crippen LogP contribution in [0.1, 0.15) is 20.3 Å². The number of hydrogen-bond donors (Lipinski definition) is 1. The van der Waals surface area contributed by atoms with Crippen molar-refractivity contribution in [3.63, 3.8) is 0 Å². The largest absolute Gasteiger partial charge is 0.405 e. The molecule has 0 saturated carbocycles. The maximum absolute atomic E-state index is 5.12. The predicted molar refractivity (Wildman–Crippen MR) is 28.2 cm³/mol. The number of rotatable bonds is 1. The number of allylic oxidation sites excluding steroid dienone is 1. The maximum atomic E-state index is 5.12. The molecule has 0 atom stereocenters. The Labute approximate surface area is 38.8 Å². The molecule has 0 amide bonds. The van der Waals surface area contributed by atoms with Crippen molar-refractivity contribution in [2.75, 3.05) is 0 Å². The Kier molecular flexibility index (Phi) is 2.55. The Bertz CT molecular complexity index is 55.0. The van der Waals surface area contributed by atoms with Crippen LogP contribution < -0.4 is 5.73 Å². The zero-order valence-corrected chi connectivity index (χ0v) is 4.36. The molecule has 0 fully saturated rings. The van der Waals surface area contributed by atoms with Crippen LogP contribution in [0.25, 0.3) is 0 Å². The molecule has 0 unspecified atom stereocenters. The van der Waals surface area contributed by atoms with E-state index in [1.165, 1.54) is 5.57 Å². The van der Waals surface area contributed by atoms with Crippen LogP contribution in [0.4, 0.5) is 0 Å². The van der Waals surface area contributed by atoms with Crippen molar-refractivity contribution >= 4 is 0 Å². The van der Waals surface area contributed by atoms with Crippen molar-refractivity contribution in [1.82, 2.24) is 0 Å². The quantitative estimate of drug-likeness (QED) is 0.509. The summed E-state index contributed by atoms with van der Waals surface area (Å²) in [5, 5.41) is 0. The predicted octanol–water partition coefficient (Wildman–Crippen LogP) is 1.26. The highest BCUT2D eigenvalue weighted by atomic mass is 14.5. The molecular weight excluding hydrogens is 74.1 g/mol. The van der Waals surface area contributed by atoms with Gasteiger partial charge in [0.2, 0.25) is 0 Å². The first-order valence-corrected chi connectivity index (χ1v) is 2.18. The molecule has 36 valence electrons. The fraction of sp³-hybridized carbons (Fsp3) is 0.600. The first-order chi connectivity index (χ1) is 2.81. The zero-order valence-electron chi connectivity index (χ0n) is 4.36. The van der Waals surface area contributed by atoms with Crippen molar-refractivity contribution < 1.29 is 0 Å². The molecular formula is C5H11N. The third kappa shape index (κ3) is 1.82. The van der Waals surface area contributed by atoms with Gasteiger partial charge in [-0.05, 0) is 19.5 Å². The van der Waals surface area contributed by atoms with Crippen LogP contribution in [0.2, 0.25) is 0 Å². The Morgan fingerprint density at radius 3 is 2.33 bits per heavy atom. The maximum Gasteiger partial charge on any atom is -0.00734 e. The fourth-order valence-corrected chi connectivity index (χ4v) is 0.118. The molecule has 0 rings (SSSR count). The SMILES string of the molecule is CC/C(C)=C\N. The fourth-order valence-electron chi connectivity index (χ4n) is 0.118. The van der Waals surface area contributed by atoms with Gasteiger partial charge in [-0.15, -0.1) is 0 Å². The van der Waals surface area contributed by atoms with Gasteiger partial charge < -0.3 is 5.73 Å². The topological polar surface area (TPSA) is 26.0 Å². The van der Waals surface area contributed by atoms with Gasteiger partial charge >= 0.3 is 0 Å². The number of hydrogen-bond acceptors (Lipinski definition) is 1. The summed E-state index contributed by atoms with van der Waals surface area (Å²) in [6.45, 7) is 4.10. The molecule has 0 spiro atoms. The molecule has 0 saturated heterocycles. The third-order valence-corrected chi connectivity index (χ3v) is 0.842. The average molecular weight is 85.1 g/mol. The average Bonchev–Trinajstić information content (AvgIpc) is 1.65. The van der Waals surface area contributed by atoms with Crippen molar-refractivity contribution in [1.29, 1.82) is 0 Å². The van der Waals surface area contributed by atoms with Gasteiger partial charge in [-0.2, -0.15) is 0 Å². The van der Waals surface area contributed by atoms with Crippen LogP contribution in [0.5, 0.6) is 0 Å². The van der Waals surface area contributed by atoms with Crippen LogP contribution in [0.3, 0.4) is 0 Å². The minimum absolute atomic E-state index is 1.07. The molecule has 0 radical (unpaired) electrons. The van der Waals surface area contributed by atoms with Gasteiger partial charge in [0, 0.05) is 0 Å². The van der Waals surface area contributed by atoms with Gasteiger partial charge in [0.05, 0.1) is 0 Å². The summed E-state index contributed by atoms with van der Waals surface area (Å²) in [5.41, 5.74) is 6.37. The van der Waals surface area contributed by atoms with Gasteiger partial charge in [-0.1, -0.05) is 12.5 Å². The van der Waals surface area contributed by atoms with Crippen LogP contribution in [0, 0.1) is 0 Å². The van der Waals surface area contributed by atoms with Gasteiger partial charge in [0.15, 0.2) is 0 Å². The lowest BCUT2D eigenvalue weighted by molar-refractivity contribution is 1.09. The van der Waals surface area contributed by atoms with E-state index in [0.29, 0.717) is 0 Å². The number of nitrogens with two attached hydrogens (primary N) is 1. The molecule has 1 heteroatoms. The molecule has 1 nitrogen and oxygen atoms in total. The Balaban J connectivity index is 3.22. The van der Waals surface area contributed by atoms with E-state index in [1.807, 2.05) is 6.92 Å². The van der Waals surface area contributed by atoms with Gasteiger partial charge in [0.1, 0.15) is 0 Å². The van der Waals surface area contributed by atoms with Gasteiger partial charge in [-0.25, -0.2) is 0 Å². The minimum atomic E-state index is 1.07. The summed E-state index contributed by atoms with van der Waals surface area (Å²) in [6, 6.07) is 0. The Hall–Kier alpha value is -0.460. The first kappa shape index (κ1) is 5.54. The summed E-state index contributed by atoms with van der Waals surface area (Å²) >= 11 is 0. The molecule has 0 aromatic rings. The van der Waals surface area contributed by atoms with Crippen LogP contribution in [-0.2, 0) is 0 Å². The summed E-state index contributed by atoms with van der Waals surface area (Å²) < 4.78 is 0. The van der Waals surface area contributed by atoms with E-state index >= 15 is 0 Å². The highest BCUT2D eigenvalue weighted by molar-refractivity contribution is 4.92. The van der Waals surface area contributed by atoms with E-state index in [9.17, 15) is 0 Å². The second kappa shape index (κ2) is 2.76. The summed E-state index contributed by atoms with van der Waals surface area (Å²) in [5.74, 6) is 0. The normalized spacial score (nSPS) is 12.0. The molecule has 0 heterocycles. The molecule has 0 aliphatic heterocycles. The summed E-state index contributed by atoms with van der Waals surface area (Å²) in [7, 11) is 0. The minimum Gasteiger partial charge on any atom is -0.405 e. The molecule has 0 aliphatic carbocycles. The van der Waals surface area contributed by atoms with Gasteiger partial charge in [0.25, 0.3) is 0 Å². The molecule has 0 aromatic carbocycles. The second-order valence-corrected chi connectivity index (χ2v) is 1.37. The lowest BCUT2D eigenvalue weighted by Gasteiger charge is -1.85. The Morgan fingerprint density at radius 1 is 1.83 bits per heavy atom. The molecule has 0 aliphatic rings. The van der Waals surface area contributed by atoms with E-state index in [-0.39, 0.29) is 0 Å². The molecule has 6 heavy (non-hydrogen) atoms. The smallest absolute Gasteiger partial charge is 0.00734 e. The summed E-state index contributed by atoms with van der Waals surface area (Å²) in [4.78, 5) is 0. The lowest BCUT2D eigenvalue weighted by atomic mass is 10.3. The third-order valence-electron chi connectivity index (χ3n) is 0.842. The van der Waals surface area contributed by atoms with Crippen LogP contribution in [-0.4, -0.2) is 0 Å². The zero-order chi connectivity index (χ0) is 4.99. The van der Waals surface area contributed by atoms with E-state index < -0.39 is 0 Å². The highest BCUT2D eigenvalue weighted by Gasteiger charge is 1.73. The van der Waals surface area contributed by atoms with Crippen molar-refractivity contribution in [2.45, 2.75) is 20.3 Å². The van der Waals surface area contributed by atoms with E-state index in [1.54, 1.807) is 6.20 Å². The first-order valence-electron chi connectivity index (χ1n) is 2.18. The summed E-state index contributed by atoms with van der Waals surface area (Å²) in [6.07, 6.45) is 2.70. The highest BCUT2D eigenvalue weighted by Crippen LogP contribution is 1.91. The monoisotopic (exact) mass is 85.1 g/mol.